The van der Waals surface area contributed by atoms with E-state index in [2.05, 4.69) is 27.3 Å². The van der Waals surface area contributed by atoms with E-state index < -0.39 is 0 Å². The molecule has 2 atom stereocenters. The van der Waals surface area contributed by atoms with Crippen LogP contribution in [0.4, 0.5) is 5.69 Å². The molecule has 2 heterocycles. The van der Waals surface area contributed by atoms with Gasteiger partial charge in [0.15, 0.2) is 5.82 Å². The molecule has 1 fully saturated rings. The van der Waals surface area contributed by atoms with Crippen molar-refractivity contribution in [3.8, 4) is 5.82 Å². The number of anilines is 1. The number of aromatic nitrogens is 4. The van der Waals surface area contributed by atoms with Crippen molar-refractivity contribution >= 4 is 5.69 Å². The minimum absolute atomic E-state index is 0.596. The van der Waals surface area contributed by atoms with Crippen LogP contribution in [0, 0.1) is 5.92 Å². The third-order valence-electron chi connectivity index (χ3n) is 3.47. The van der Waals surface area contributed by atoms with Crippen LogP contribution < -0.4 is 5.32 Å². The average Bonchev–Trinajstić information content (AvgIpc) is 3.02. The molecule has 0 saturated heterocycles. The van der Waals surface area contributed by atoms with E-state index in [1.807, 2.05) is 18.3 Å². The summed E-state index contributed by atoms with van der Waals surface area (Å²) in [6.07, 6.45) is 8.85. The molecule has 0 bridgehead atoms. The van der Waals surface area contributed by atoms with Crippen LogP contribution in [0.5, 0.6) is 0 Å². The Morgan fingerprint density at radius 3 is 2.89 bits per heavy atom. The SMILES string of the molecule is CC1CCC(Nc2ccc(-n3cncn3)nc2)C1. The van der Waals surface area contributed by atoms with E-state index in [0.717, 1.165) is 17.4 Å². The summed E-state index contributed by atoms with van der Waals surface area (Å²) in [7, 11) is 0. The van der Waals surface area contributed by atoms with Gasteiger partial charge in [-0.15, -0.1) is 0 Å². The monoisotopic (exact) mass is 243 g/mol. The van der Waals surface area contributed by atoms with Crippen molar-refractivity contribution in [3.63, 3.8) is 0 Å². The minimum Gasteiger partial charge on any atom is -0.381 e. The molecule has 0 radical (unpaired) electrons. The molecule has 18 heavy (non-hydrogen) atoms. The lowest BCUT2D eigenvalue weighted by Crippen LogP contribution is -2.15. The summed E-state index contributed by atoms with van der Waals surface area (Å²) in [5.41, 5.74) is 1.08. The molecule has 1 saturated carbocycles. The number of nitrogens with one attached hydrogen (secondary N) is 1. The Morgan fingerprint density at radius 2 is 2.28 bits per heavy atom. The second-order valence-corrected chi connectivity index (χ2v) is 5.00. The fourth-order valence-electron chi connectivity index (χ4n) is 2.51. The van der Waals surface area contributed by atoms with Gasteiger partial charge in [0.1, 0.15) is 12.7 Å². The van der Waals surface area contributed by atoms with Gasteiger partial charge in [-0.1, -0.05) is 6.92 Å². The first-order chi connectivity index (χ1) is 8.81. The van der Waals surface area contributed by atoms with Crippen LogP contribution >= 0.6 is 0 Å². The van der Waals surface area contributed by atoms with E-state index >= 15 is 0 Å². The van der Waals surface area contributed by atoms with E-state index in [9.17, 15) is 0 Å². The van der Waals surface area contributed by atoms with Crippen molar-refractivity contribution in [1.29, 1.82) is 0 Å². The zero-order valence-corrected chi connectivity index (χ0v) is 10.5. The highest BCUT2D eigenvalue weighted by Crippen LogP contribution is 2.27. The molecule has 2 unspecified atom stereocenters. The van der Waals surface area contributed by atoms with Gasteiger partial charge in [-0.05, 0) is 37.3 Å². The number of pyridine rings is 1. The average molecular weight is 243 g/mol. The molecule has 0 spiro atoms. The molecule has 0 aromatic carbocycles. The lowest BCUT2D eigenvalue weighted by atomic mass is 10.1. The number of nitrogens with zero attached hydrogens (tertiary/aromatic N) is 4. The van der Waals surface area contributed by atoms with Gasteiger partial charge >= 0.3 is 0 Å². The Bertz CT molecular complexity index is 491. The van der Waals surface area contributed by atoms with E-state index in [-0.39, 0.29) is 0 Å². The van der Waals surface area contributed by atoms with Gasteiger partial charge in [0.2, 0.25) is 0 Å². The topological polar surface area (TPSA) is 55.6 Å². The first-order valence-electron chi connectivity index (χ1n) is 6.39. The predicted octanol–water partition coefficient (Wildman–Crippen LogP) is 2.26. The summed E-state index contributed by atoms with van der Waals surface area (Å²) in [6, 6.07) is 4.60. The van der Waals surface area contributed by atoms with Crippen LogP contribution in [0.1, 0.15) is 26.2 Å². The number of hydrogen-bond acceptors (Lipinski definition) is 4. The standard InChI is InChI=1S/C13H17N5/c1-10-2-3-11(6-10)17-12-4-5-13(15-7-12)18-9-14-8-16-18/h4-5,7-11,17H,2-3,6H2,1H3. The first kappa shape index (κ1) is 11.2. The minimum atomic E-state index is 0.596. The lowest BCUT2D eigenvalue weighted by molar-refractivity contribution is 0.602. The maximum atomic E-state index is 4.38. The second kappa shape index (κ2) is 4.76. The molecule has 1 aliphatic carbocycles. The van der Waals surface area contributed by atoms with Gasteiger partial charge in [0.05, 0.1) is 11.9 Å². The third kappa shape index (κ3) is 2.34. The van der Waals surface area contributed by atoms with E-state index in [0.29, 0.717) is 6.04 Å². The third-order valence-corrected chi connectivity index (χ3v) is 3.47. The molecule has 0 amide bonds. The predicted molar refractivity (Wildman–Crippen MR) is 69.6 cm³/mol. The van der Waals surface area contributed by atoms with Gasteiger partial charge in [0.25, 0.3) is 0 Å². The van der Waals surface area contributed by atoms with Crippen LogP contribution in [0.15, 0.2) is 31.0 Å². The van der Waals surface area contributed by atoms with Gasteiger partial charge in [-0.2, -0.15) is 5.10 Å². The van der Waals surface area contributed by atoms with Gasteiger partial charge in [-0.3, -0.25) is 0 Å². The zero-order chi connectivity index (χ0) is 12.4. The molecule has 3 rings (SSSR count). The Kier molecular flexibility index (Phi) is 2.96. The summed E-state index contributed by atoms with van der Waals surface area (Å²) in [5.74, 6) is 1.63. The molecule has 2 aromatic rings. The Hall–Kier alpha value is -1.91. The van der Waals surface area contributed by atoms with Crippen LogP contribution in [0.3, 0.4) is 0 Å². The normalized spacial score (nSPS) is 23.2. The molecule has 94 valence electrons. The second-order valence-electron chi connectivity index (χ2n) is 5.00. The van der Waals surface area contributed by atoms with Crippen molar-refractivity contribution in [1.82, 2.24) is 19.7 Å². The van der Waals surface area contributed by atoms with Crippen LogP contribution in [0.25, 0.3) is 5.82 Å². The fraction of sp³-hybridized carbons (Fsp3) is 0.462. The first-order valence-corrected chi connectivity index (χ1v) is 6.39. The van der Waals surface area contributed by atoms with Gasteiger partial charge in [0, 0.05) is 6.04 Å². The lowest BCUT2D eigenvalue weighted by Gasteiger charge is -2.13. The molecule has 2 aromatic heterocycles. The fourth-order valence-corrected chi connectivity index (χ4v) is 2.51. The maximum absolute atomic E-state index is 4.38. The molecule has 5 nitrogen and oxygen atoms in total. The molecular weight excluding hydrogens is 226 g/mol. The van der Waals surface area contributed by atoms with Crippen molar-refractivity contribution < 1.29 is 0 Å². The summed E-state index contributed by atoms with van der Waals surface area (Å²) < 4.78 is 1.65. The summed E-state index contributed by atoms with van der Waals surface area (Å²) in [4.78, 5) is 8.29. The molecule has 1 aliphatic rings. The Balaban J connectivity index is 1.68. The smallest absolute Gasteiger partial charge is 0.155 e. The highest BCUT2D eigenvalue weighted by molar-refractivity contribution is 5.44. The largest absolute Gasteiger partial charge is 0.381 e. The molecular formula is C13H17N5. The quantitative estimate of drug-likeness (QED) is 0.898. The molecule has 0 aliphatic heterocycles. The van der Waals surface area contributed by atoms with Crippen molar-refractivity contribution in [2.45, 2.75) is 32.2 Å². The molecule has 5 heteroatoms. The highest BCUT2D eigenvalue weighted by atomic mass is 15.3. The zero-order valence-electron chi connectivity index (χ0n) is 10.5. The van der Waals surface area contributed by atoms with Crippen molar-refractivity contribution in [3.05, 3.63) is 31.0 Å². The van der Waals surface area contributed by atoms with Crippen LogP contribution in [0.2, 0.25) is 0 Å². The van der Waals surface area contributed by atoms with Gasteiger partial charge in [-0.25, -0.2) is 14.6 Å². The Labute approximate surface area is 106 Å². The van der Waals surface area contributed by atoms with E-state index in [1.165, 1.54) is 25.6 Å². The van der Waals surface area contributed by atoms with Crippen molar-refractivity contribution in [2.75, 3.05) is 5.32 Å². The number of hydrogen-bond donors (Lipinski definition) is 1. The summed E-state index contributed by atoms with van der Waals surface area (Å²) >= 11 is 0. The van der Waals surface area contributed by atoms with Crippen LogP contribution in [-0.4, -0.2) is 25.8 Å². The van der Waals surface area contributed by atoms with Gasteiger partial charge < -0.3 is 5.32 Å². The van der Waals surface area contributed by atoms with Crippen molar-refractivity contribution in [2.24, 2.45) is 5.92 Å². The molecule has 1 N–H and O–H groups in total. The highest BCUT2D eigenvalue weighted by Gasteiger charge is 2.20. The van der Waals surface area contributed by atoms with Crippen LogP contribution in [-0.2, 0) is 0 Å². The summed E-state index contributed by atoms with van der Waals surface area (Å²) in [6.45, 7) is 2.31. The van der Waals surface area contributed by atoms with E-state index in [4.69, 9.17) is 0 Å². The van der Waals surface area contributed by atoms with E-state index in [1.54, 1.807) is 11.0 Å². The number of rotatable bonds is 3. The maximum Gasteiger partial charge on any atom is 0.155 e. The summed E-state index contributed by atoms with van der Waals surface area (Å²) in [5, 5.41) is 7.59. The Morgan fingerprint density at radius 1 is 1.33 bits per heavy atom.